The predicted molar refractivity (Wildman–Crippen MR) is 66.9 cm³/mol. The van der Waals surface area contributed by atoms with Crippen LogP contribution < -0.4 is 0 Å². The Kier molecular flexibility index (Phi) is 3.08. The average Bonchev–Trinajstić information content (AvgIpc) is 2.73. The highest BCUT2D eigenvalue weighted by molar-refractivity contribution is 14.1. The topological polar surface area (TPSA) is 30.2 Å². The highest BCUT2D eigenvalue weighted by Crippen LogP contribution is 2.24. The van der Waals surface area contributed by atoms with Gasteiger partial charge in [0.25, 0.3) is 0 Å². The van der Waals surface area contributed by atoms with Crippen LogP contribution in [0.4, 0.5) is 0 Å². The number of furan rings is 1. The molecule has 0 aliphatic carbocycles. The van der Waals surface area contributed by atoms with Crippen molar-refractivity contribution in [2.45, 2.75) is 0 Å². The van der Waals surface area contributed by atoms with Gasteiger partial charge in [0.05, 0.1) is 13.6 Å². The molecule has 0 bridgehead atoms. The fourth-order valence-electron chi connectivity index (χ4n) is 1.02. The zero-order chi connectivity index (χ0) is 10.1. The third-order valence-corrected chi connectivity index (χ3v) is 4.07. The fraction of sp³-hybridized carbons (Fsp3) is 0. The van der Waals surface area contributed by atoms with Crippen molar-refractivity contribution in [1.29, 1.82) is 0 Å². The van der Waals surface area contributed by atoms with E-state index in [-0.39, 0.29) is 5.78 Å². The third-order valence-electron chi connectivity index (χ3n) is 1.65. The van der Waals surface area contributed by atoms with E-state index in [0.717, 1.165) is 2.88 Å². The Morgan fingerprint density at radius 3 is 2.86 bits per heavy atom. The Balaban J connectivity index is 2.38. The number of rotatable bonds is 2. The van der Waals surface area contributed by atoms with E-state index in [1.165, 1.54) is 6.26 Å². The van der Waals surface area contributed by atoms with Crippen molar-refractivity contribution in [2.75, 3.05) is 0 Å². The molecule has 5 heteroatoms. The molecule has 0 N–H and O–H groups in total. The van der Waals surface area contributed by atoms with Crippen LogP contribution in [0.15, 0.2) is 32.7 Å². The number of halogens is 2. The Hall–Kier alpha value is -0.140. The molecule has 2 aromatic heterocycles. The number of thiophene rings is 1. The Labute approximate surface area is 107 Å². The maximum absolute atomic E-state index is 11.8. The standard InChI is InChI=1S/C9H4BrIO2S/c10-6-1-2-13-9(6)8(12)5-3-7(11)14-4-5/h1-4H. The van der Waals surface area contributed by atoms with Crippen LogP contribution in [0.1, 0.15) is 16.1 Å². The maximum Gasteiger partial charge on any atom is 0.230 e. The first-order valence-corrected chi connectivity index (χ1v) is 6.45. The summed E-state index contributed by atoms with van der Waals surface area (Å²) in [4.78, 5) is 11.8. The summed E-state index contributed by atoms with van der Waals surface area (Å²) in [5, 5.41) is 1.83. The molecular formula is C9H4BrIO2S. The summed E-state index contributed by atoms with van der Waals surface area (Å²) in [5.41, 5.74) is 0.676. The third kappa shape index (κ3) is 1.94. The lowest BCUT2D eigenvalue weighted by Gasteiger charge is -1.92. The minimum atomic E-state index is -0.0824. The van der Waals surface area contributed by atoms with Gasteiger partial charge < -0.3 is 4.42 Å². The first kappa shape index (κ1) is 10.4. The first-order chi connectivity index (χ1) is 6.68. The molecular weight excluding hydrogens is 379 g/mol. The lowest BCUT2D eigenvalue weighted by molar-refractivity contribution is 0.101. The number of hydrogen-bond acceptors (Lipinski definition) is 3. The molecule has 0 saturated carbocycles. The molecule has 0 saturated heterocycles. The highest BCUT2D eigenvalue weighted by atomic mass is 127. The molecule has 14 heavy (non-hydrogen) atoms. The van der Waals surface area contributed by atoms with Crippen LogP contribution >= 0.6 is 49.9 Å². The van der Waals surface area contributed by atoms with Gasteiger partial charge in [-0.05, 0) is 50.7 Å². The van der Waals surface area contributed by atoms with Crippen LogP contribution in [0.2, 0.25) is 0 Å². The van der Waals surface area contributed by atoms with Crippen molar-refractivity contribution < 1.29 is 9.21 Å². The summed E-state index contributed by atoms with van der Waals surface area (Å²) in [6.45, 7) is 0. The second kappa shape index (κ2) is 4.16. The average molecular weight is 383 g/mol. The summed E-state index contributed by atoms with van der Waals surface area (Å²) in [7, 11) is 0. The van der Waals surface area contributed by atoms with Crippen molar-refractivity contribution in [2.24, 2.45) is 0 Å². The Morgan fingerprint density at radius 2 is 2.36 bits per heavy atom. The monoisotopic (exact) mass is 382 g/mol. The smallest absolute Gasteiger partial charge is 0.230 e. The van der Waals surface area contributed by atoms with Gasteiger partial charge in [-0.15, -0.1) is 11.3 Å². The molecule has 72 valence electrons. The van der Waals surface area contributed by atoms with Crippen molar-refractivity contribution in [3.8, 4) is 0 Å². The second-order valence-electron chi connectivity index (χ2n) is 2.57. The Bertz CT molecular complexity index is 475. The summed E-state index contributed by atoms with van der Waals surface area (Å²) in [6.07, 6.45) is 1.49. The largest absolute Gasteiger partial charge is 0.460 e. The lowest BCUT2D eigenvalue weighted by atomic mass is 10.2. The predicted octanol–water partition coefficient (Wildman–Crippen LogP) is 3.94. The van der Waals surface area contributed by atoms with Crippen molar-refractivity contribution in [3.63, 3.8) is 0 Å². The maximum atomic E-state index is 11.8. The van der Waals surface area contributed by atoms with Crippen molar-refractivity contribution in [1.82, 2.24) is 0 Å². The van der Waals surface area contributed by atoms with Gasteiger partial charge >= 0.3 is 0 Å². The number of hydrogen-bond donors (Lipinski definition) is 0. The normalized spacial score (nSPS) is 10.4. The number of ketones is 1. The molecule has 2 heterocycles. The summed E-state index contributed by atoms with van der Waals surface area (Å²) in [6, 6.07) is 3.56. The zero-order valence-corrected chi connectivity index (χ0v) is 11.4. The number of carbonyl (C=O) groups is 1. The van der Waals surface area contributed by atoms with E-state index in [0.29, 0.717) is 15.8 Å². The highest BCUT2D eigenvalue weighted by Gasteiger charge is 2.16. The SMILES string of the molecule is O=C(c1csc(I)c1)c1occc1Br. The van der Waals surface area contributed by atoms with E-state index in [1.807, 2.05) is 11.4 Å². The summed E-state index contributed by atoms with van der Waals surface area (Å²) >= 11 is 6.99. The van der Waals surface area contributed by atoms with Crippen molar-refractivity contribution >= 4 is 55.6 Å². The first-order valence-electron chi connectivity index (χ1n) is 3.70. The van der Waals surface area contributed by atoms with Crippen LogP contribution in [0, 0.1) is 2.88 Å². The second-order valence-corrected chi connectivity index (χ2v) is 6.23. The molecule has 0 amide bonds. The van der Waals surface area contributed by atoms with Gasteiger partial charge in [-0.1, -0.05) is 0 Å². The molecule has 0 fully saturated rings. The zero-order valence-electron chi connectivity index (χ0n) is 6.79. The van der Waals surface area contributed by atoms with Gasteiger partial charge in [0.2, 0.25) is 5.78 Å². The molecule has 0 atom stereocenters. The summed E-state index contributed by atoms with van der Waals surface area (Å²) < 4.78 is 6.88. The minimum Gasteiger partial charge on any atom is -0.460 e. The molecule has 2 rings (SSSR count). The molecule has 0 aromatic carbocycles. The van der Waals surface area contributed by atoms with E-state index in [9.17, 15) is 4.79 Å². The quantitative estimate of drug-likeness (QED) is 0.581. The van der Waals surface area contributed by atoms with Crippen LogP contribution in [-0.4, -0.2) is 5.78 Å². The minimum absolute atomic E-state index is 0.0824. The van der Waals surface area contributed by atoms with Crippen LogP contribution in [-0.2, 0) is 0 Å². The molecule has 0 aliphatic heterocycles. The molecule has 2 nitrogen and oxygen atoms in total. The Morgan fingerprint density at radius 1 is 1.57 bits per heavy atom. The molecule has 0 aliphatic rings. The lowest BCUT2D eigenvalue weighted by Crippen LogP contribution is -1.97. The van der Waals surface area contributed by atoms with Crippen LogP contribution in [0.3, 0.4) is 0 Å². The van der Waals surface area contributed by atoms with Gasteiger partial charge in [-0.2, -0.15) is 0 Å². The van der Waals surface area contributed by atoms with E-state index < -0.39 is 0 Å². The van der Waals surface area contributed by atoms with Gasteiger partial charge in [0.1, 0.15) is 0 Å². The fourth-order valence-corrected chi connectivity index (χ4v) is 2.72. The molecule has 0 spiro atoms. The van der Waals surface area contributed by atoms with E-state index in [2.05, 4.69) is 38.5 Å². The van der Waals surface area contributed by atoms with E-state index in [4.69, 9.17) is 4.42 Å². The van der Waals surface area contributed by atoms with Crippen LogP contribution in [0.25, 0.3) is 0 Å². The van der Waals surface area contributed by atoms with E-state index in [1.54, 1.807) is 17.4 Å². The van der Waals surface area contributed by atoms with Gasteiger partial charge in [-0.3, -0.25) is 4.79 Å². The number of carbonyl (C=O) groups excluding carboxylic acids is 1. The van der Waals surface area contributed by atoms with Gasteiger partial charge in [0.15, 0.2) is 5.76 Å². The summed E-state index contributed by atoms with van der Waals surface area (Å²) in [5.74, 6) is 0.278. The molecule has 0 unspecified atom stereocenters. The van der Waals surface area contributed by atoms with E-state index >= 15 is 0 Å². The van der Waals surface area contributed by atoms with Crippen molar-refractivity contribution in [3.05, 3.63) is 42.5 Å². The molecule has 0 radical (unpaired) electrons. The van der Waals surface area contributed by atoms with Gasteiger partial charge in [-0.25, -0.2) is 0 Å². The molecule has 2 aromatic rings. The van der Waals surface area contributed by atoms with Gasteiger partial charge in [0, 0.05) is 10.9 Å². The van der Waals surface area contributed by atoms with Crippen LogP contribution in [0.5, 0.6) is 0 Å².